The molecule has 0 bridgehead atoms. The summed E-state index contributed by atoms with van der Waals surface area (Å²) < 4.78 is 4.94. The van der Waals surface area contributed by atoms with Crippen LogP contribution in [-0.2, 0) is 0 Å². The number of pyridine rings is 1. The lowest BCUT2D eigenvalue weighted by Crippen LogP contribution is -2.00. The molecule has 0 amide bonds. The first-order chi connectivity index (χ1) is 27.8. The zero-order valence-electron chi connectivity index (χ0n) is 30.0. The Balaban J connectivity index is 1.06. The fourth-order valence-electron chi connectivity index (χ4n) is 7.80. The number of fused-ring (bicyclic) bond motifs is 7. The van der Waals surface area contributed by atoms with Crippen molar-refractivity contribution < 1.29 is 0 Å². The van der Waals surface area contributed by atoms with Crippen molar-refractivity contribution in [1.29, 1.82) is 0 Å². The lowest BCUT2D eigenvalue weighted by atomic mass is 9.98. The van der Waals surface area contributed by atoms with E-state index < -0.39 is 0 Å². The Labute approximate surface area is 326 Å². The molecule has 0 aliphatic carbocycles. The quantitative estimate of drug-likeness (QED) is 0.171. The molecular formula is C50H31N5S. The number of nitrogens with zero attached hydrogens (tertiary/aromatic N) is 5. The van der Waals surface area contributed by atoms with Gasteiger partial charge in [0.25, 0.3) is 0 Å². The van der Waals surface area contributed by atoms with E-state index in [9.17, 15) is 0 Å². The summed E-state index contributed by atoms with van der Waals surface area (Å²) >= 11 is 1.87. The minimum atomic E-state index is 0.635. The Bertz CT molecular complexity index is 3170. The average molecular weight is 734 g/mol. The van der Waals surface area contributed by atoms with Crippen molar-refractivity contribution in [1.82, 2.24) is 24.5 Å². The van der Waals surface area contributed by atoms with Gasteiger partial charge in [0.05, 0.1) is 26.9 Å². The van der Waals surface area contributed by atoms with Gasteiger partial charge in [0.1, 0.15) is 0 Å². The van der Waals surface area contributed by atoms with Crippen LogP contribution in [-0.4, -0.2) is 24.5 Å². The molecule has 0 atom stereocenters. The van der Waals surface area contributed by atoms with Gasteiger partial charge >= 0.3 is 0 Å². The van der Waals surface area contributed by atoms with E-state index in [0.29, 0.717) is 17.5 Å². The summed E-state index contributed by atoms with van der Waals surface area (Å²) in [7, 11) is 0. The van der Waals surface area contributed by atoms with E-state index >= 15 is 0 Å². The summed E-state index contributed by atoms with van der Waals surface area (Å²) in [4.78, 5) is 20.2. The van der Waals surface area contributed by atoms with Crippen molar-refractivity contribution in [2.24, 2.45) is 0 Å². The van der Waals surface area contributed by atoms with Crippen LogP contribution in [0.15, 0.2) is 188 Å². The molecule has 0 spiro atoms. The molecular weight excluding hydrogens is 703 g/mol. The molecule has 5 nitrogen and oxygen atoms in total. The van der Waals surface area contributed by atoms with Crippen LogP contribution in [0.2, 0.25) is 0 Å². The van der Waals surface area contributed by atoms with Crippen LogP contribution in [0.5, 0.6) is 0 Å². The predicted molar refractivity (Wildman–Crippen MR) is 232 cm³/mol. The summed E-state index contributed by atoms with van der Waals surface area (Å²) in [5, 5.41) is 3.60. The van der Waals surface area contributed by atoms with Gasteiger partial charge in [0.15, 0.2) is 17.5 Å². The van der Waals surface area contributed by atoms with Crippen molar-refractivity contribution in [3.8, 4) is 62.2 Å². The highest BCUT2D eigenvalue weighted by Gasteiger charge is 2.23. The predicted octanol–water partition coefficient (Wildman–Crippen LogP) is 13.1. The minimum absolute atomic E-state index is 0.635. The van der Waals surface area contributed by atoms with Crippen molar-refractivity contribution >= 4 is 53.4 Å². The molecule has 11 rings (SSSR count). The Hall–Kier alpha value is -7.28. The lowest BCUT2D eigenvalue weighted by Gasteiger charge is -2.12. The maximum absolute atomic E-state index is 5.43. The van der Waals surface area contributed by atoms with Gasteiger partial charge in [0, 0.05) is 48.8 Å². The lowest BCUT2D eigenvalue weighted by molar-refractivity contribution is 1.07. The molecule has 0 saturated carbocycles. The van der Waals surface area contributed by atoms with Crippen LogP contribution in [0.1, 0.15) is 0 Å². The van der Waals surface area contributed by atoms with Crippen LogP contribution in [0.25, 0.3) is 104 Å². The van der Waals surface area contributed by atoms with Gasteiger partial charge in [0.2, 0.25) is 0 Å². The third-order valence-corrected chi connectivity index (χ3v) is 11.7. The zero-order chi connectivity index (χ0) is 37.0. The number of rotatable bonds is 6. The van der Waals surface area contributed by atoms with Gasteiger partial charge in [-0.3, -0.25) is 0 Å². The second-order valence-corrected chi connectivity index (χ2v) is 14.9. The molecule has 0 unspecified atom stereocenters. The van der Waals surface area contributed by atoms with Gasteiger partial charge in [-0.2, -0.15) is 0 Å². The van der Waals surface area contributed by atoms with Crippen molar-refractivity contribution in [3.63, 3.8) is 0 Å². The molecule has 0 aliphatic heterocycles. The summed E-state index contributed by atoms with van der Waals surface area (Å²) in [6.07, 6.45) is 0. The molecule has 6 heteroatoms. The zero-order valence-corrected chi connectivity index (χ0v) is 30.9. The summed E-state index contributed by atoms with van der Waals surface area (Å²) in [6, 6.07) is 65.4. The van der Waals surface area contributed by atoms with E-state index in [4.69, 9.17) is 19.9 Å². The molecule has 56 heavy (non-hydrogen) atoms. The van der Waals surface area contributed by atoms with E-state index in [0.717, 1.165) is 50.3 Å². The second kappa shape index (κ2) is 13.2. The van der Waals surface area contributed by atoms with Gasteiger partial charge < -0.3 is 4.57 Å². The smallest absolute Gasteiger partial charge is 0.164 e. The fourth-order valence-corrected chi connectivity index (χ4v) is 9.15. The molecule has 7 aromatic carbocycles. The molecule has 0 fully saturated rings. The van der Waals surface area contributed by atoms with Crippen molar-refractivity contribution in [2.45, 2.75) is 0 Å². The topological polar surface area (TPSA) is 56.5 Å². The summed E-state index contributed by atoms with van der Waals surface area (Å²) in [6.45, 7) is 0. The van der Waals surface area contributed by atoms with Crippen LogP contribution < -0.4 is 0 Å². The van der Waals surface area contributed by atoms with E-state index in [1.807, 2.05) is 72.0 Å². The van der Waals surface area contributed by atoms with Crippen molar-refractivity contribution in [2.75, 3.05) is 0 Å². The Morgan fingerprint density at radius 2 is 0.893 bits per heavy atom. The molecule has 262 valence electrons. The molecule has 4 aromatic heterocycles. The molecule has 0 saturated heterocycles. The molecule has 11 aromatic rings. The number of para-hydroxylation sites is 3. The molecule has 0 radical (unpaired) electrons. The van der Waals surface area contributed by atoms with Crippen LogP contribution in [0.3, 0.4) is 0 Å². The highest BCUT2D eigenvalue weighted by atomic mass is 32.1. The maximum Gasteiger partial charge on any atom is 0.164 e. The van der Waals surface area contributed by atoms with Gasteiger partial charge in [-0.15, -0.1) is 11.3 Å². The molecule has 0 aliphatic rings. The van der Waals surface area contributed by atoms with E-state index in [1.165, 1.54) is 36.6 Å². The minimum Gasteiger partial charge on any atom is -0.308 e. The first kappa shape index (κ1) is 32.2. The van der Waals surface area contributed by atoms with E-state index in [-0.39, 0.29) is 0 Å². The number of aromatic nitrogens is 5. The molecule has 0 N–H and O–H groups in total. The third-order valence-electron chi connectivity index (χ3n) is 10.4. The Morgan fingerprint density at radius 1 is 0.375 bits per heavy atom. The normalized spacial score (nSPS) is 11.6. The maximum atomic E-state index is 5.43. The Morgan fingerprint density at radius 3 is 1.57 bits per heavy atom. The van der Waals surface area contributed by atoms with Crippen molar-refractivity contribution in [3.05, 3.63) is 188 Å². The van der Waals surface area contributed by atoms with Crippen LogP contribution in [0, 0.1) is 0 Å². The second-order valence-electron chi connectivity index (χ2n) is 13.8. The average Bonchev–Trinajstić information content (AvgIpc) is 3.82. The number of benzene rings is 7. The monoisotopic (exact) mass is 733 g/mol. The first-order valence-corrected chi connectivity index (χ1v) is 19.5. The number of hydrogen-bond donors (Lipinski definition) is 0. The standard InChI is InChI=1S/C50H31N5S/c1-4-15-33(16-5-1)48-52-49(34-17-6-2-7-18-34)54-50(53-48)35-29-27-32(28-30-35)36-19-14-20-37(31-36)44-43-45-47(56-46(43)39-23-10-12-25-41(39)51-44)40-24-11-13-26-42(40)55(45)38-21-8-3-9-22-38/h1-31H. The van der Waals surface area contributed by atoms with Crippen LogP contribution in [0.4, 0.5) is 0 Å². The first-order valence-electron chi connectivity index (χ1n) is 18.6. The van der Waals surface area contributed by atoms with E-state index in [2.05, 4.69) is 132 Å². The van der Waals surface area contributed by atoms with Gasteiger partial charge in [-0.1, -0.05) is 158 Å². The van der Waals surface area contributed by atoms with Crippen LogP contribution >= 0.6 is 11.3 Å². The third kappa shape index (κ3) is 5.38. The number of thiophene rings is 1. The van der Waals surface area contributed by atoms with Gasteiger partial charge in [-0.05, 0) is 41.5 Å². The Kier molecular flexibility index (Phi) is 7.60. The fraction of sp³-hybridized carbons (Fsp3) is 0. The van der Waals surface area contributed by atoms with Gasteiger partial charge in [-0.25, -0.2) is 19.9 Å². The highest BCUT2D eigenvalue weighted by Crippen LogP contribution is 2.47. The summed E-state index contributed by atoms with van der Waals surface area (Å²) in [5.41, 5.74) is 11.6. The number of hydrogen-bond acceptors (Lipinski definition) is 5. The molecule has 4 heterocycles. The SMILES string of the molecule is c1ccc(-c2nc(-c3ccccc3)nc(-c3ccc(-c4cccc(-c5nc6ccccc6c6sc7c8ccccc8n(-c8ccccc8)c7c56)c4)cc3)n2)cc1. The van der Waals surface area contributed by atoms with E-state index in [1.54, 1.807) is 0 Å². The summed E-state index contributed by atoms with van der Waals surface area (Å²) in [5.74, 6) is 1.93. The largest absolute Gasteiger partial charge is 0.308 e. The highest BCUT2D eigenvalue weighted by molar-refractivity contribution is 7.27.